The summed E-state index contributed by atoms with van der Waals surface area (Å²) in [7, 11) is 0. The van der Waals surface area contributed by atoms with Gasteiger partial charge in [-0.3, -0.25) is 4.98 Å². The van der Waals surface area contributed by atoms with Crippen molar-refractivity contribution in [2.24, 2.45) is 0 Å². The van der Waals surface area contributed by atoms with E-state index in [-0.39, 0.29) is 11.4 Å². The number of aliphatic hydroxyl groups excluding tert-OH is 1. The normalized spacial score (nSPS) is 12.4. The second-order valence-corrected chi connectivity index (χ2v) is 4.71. The highest BCUT2D eigenvalue weighted by Gasteiger charge is 2.16. The summed E-state index contributed by atoms with van der Waals surface area (Å²) >= 11 is 5.89. The van der Waals surface area contributed by atoms with E-state index in [1.54, 1.807) is 18.3 Å². The molecule has 0 amide bonds. The molecule has 2 rings (SSSR count). The molecule has 1 heterocycles. The predicted octanol–water partition coefficient (Wildman–Crippen LogP) is 3.71. The molecule has 4 heteroatoms. The summed E-state index contributed by atoms with van der Waals surface area (Å²) < 4.78 is 13.3. The van der Waals surface area contributed by atoms with Crippen LogP contribution in [0.1, 0.15) is 29.8 Å². The maximum Gasteiger partial charge on any atom is 0.142 e. The minimum atomic E-state index is -0.782. The summed E-state index contributed by atoms with van der Waals surface area (Å²) in [4.78, 5) is 4.21. The van der Waals surface area contributed by atoms with Crippen LogP contribution < -0.4 is 0 Å². The SMILES string of the molecule is CCc1cccnc1C(O)Cc1cccc(F)c1Cl. The molecule has 2 nitrogen and oxygen atoms in total. The zero-order valence-corrected chi connectivity index (χ0v) is 11.4. The van der Waals surface area contributed by atoms with Crippen LogP contribution in [0.2, 0.25) is 5.02 Å². The van der Waals surface area contributed by atoms with Crippen molar-refractivity contribution < 1.29 is 9.50 Å². The Bertz CT molecular complexity index is 574. The van der Waals surface area contributed by atoms with Gasteiger partial charge in [-0.05, 0) is 29.7 Å². The number of halogens is 2. The number of hydrogen-bond donors (Lipinski definition) is 1. The van der Waals surface area contributed by atoms with E-state index < -0.39 is 11.9 Å². The topological polar surface area (TPSA) is 33.1 Å². The lowest BCUT2D eigenvalue weighted by atomic mass is 10.0. The zero-order valence-electron chi connectivity index (χ0n) is 10.6. The maximum atomic E-state index is 13.3. The molecule has 0 aliphatic heterocycles. The molecule has 0 aliphatic carbocycles. The molecule has 1 aromatic heterocycles. The first-order chi connectivity index (χ1) is 9.13. The maximum absolute atomic E-state index is 13.3. The van der Waals surface area contributed by atoms with Gasteiger partial charge in [-0.15, -0.1) is 0 Å². The number of nitrogens with zero attached hydrogens (tertiary/aromatic N) is 1. The van der Waals surface area contributed by atoms with Gasteiger partial charge in [0.2, 0.25) is 0 Å². The third-order valence-corrected chi connectivity index (χ3v) is 3.49. The Labute approximate surface area is 116 Å². The second-order valence-electron chi connectivity index (χ2n) is 4.33. The van der Waals surface area contributed by atoms with Crippen LogP contribution in [0.25, 0.3) is 0 Å². The van der Waals surface area contributed by atoms with Gasteiger partial charge in [0.25, 0.3) is 0 Å². The Morgan fingerprint density at radius 2 is 2.00 bits per heavy atom. The highest BCUT2D eigenvalue weighted by atomic mass is 35.5. The summed E-state index contributed by atoms with van der Waals surface area (Å²) in [6, 6.07) is 8.37. The number of rotatable bonds is 4. The number of aromatic nitrogens is 1. The van der Waals surface area contributed by atoms with Crippen LogP contribution >= 0.6 is 11.6 Å². The molecule has 100 valence electrons. The Kier molecular flexibility index (Phi) is 4.51. The van der Waals surface area contributed by atoms with Crippen LogP contribution in [0.3, 0.4) is 0 Å². The lowest BCUT2D eigenvalue weighted by Crippen LogP contribution is -2.08. The largest absolute Gasteiger partial charge is 0.386 e. The fourth-order valence-electron chi connectivity index (χ4n) is 2.06. The minimum Gasteiger partial charge on any atom is -0.386 e. The molecule has 0 fully saturated rings. The molecule has 0 bridgehead atoms. The third kappa shape index (κ3) is 3.11. The lowest BCUT2D eigenvalue weighted by Gasteiger charge is -2.14. The summed E-state index contributed by atoms with van der Waals surface area (Å²) in [6.45, 7) is 2.00. The summed E-state index contributed by atoms with van der Waals surface area (Å²) in [5, 5.41) is 10.3. The number of aryl methyl sites for hydroxylation is 1. The van der Waals surface area contributed by atoms with Crippen LogP contribution in [0.4, 0.5) is 4.39 Å². The van der Waals surface area contributed by atoms with Crippen molar-refractivity contribution in [2.75, 3.05) is 0 Å². The molecule has 1 unspecified atom stereocenters. The fourth-order valence-corrected chi connectivity index (χ4v) is 2.26. The van der Waals surface area contributed by atoms with E-state index in [1.165, 1.54) is 6.07 Å². The number of benzene rings is 1. The van der Waals surface area contributed by atoms with Gasteiger partial charge in [0.05, 0.1) is 10.7 Å². The van der Waals surface area contributed by atoms with E-state index in [0.29, 0.717) is 11.3 Å². The van der Waals surface area contributed by atoms with Gasteiger partial charge >= 0.3 is 0 Å². The smallest absolute Gasteiger partial charge is 0.142 e. The molecule has 0 saturated carbocycles. The first-order valence-corrected chi connectivity index (χ1v) is 6.56. The molecule has 1 atom stereocenters. The first-order valence-electron chi connectivity index (χ1n) is 6.18. The van der Waals surface area contributed by atoms with Gasteiger partial charge in [0, 0.05) is 12.6 Å². The van der Waals surface area contributed by atoms with Gasteiger partial charge < -0.3 is 5.11 Å². The molecule has 1 N–H and O–H groups in total. The van der Waals surface area contributed by atoms with Gasteiger partial charge in [-0.2, -0.15) is 0 Å². The number of pyridine rings is 1. The third-order valence-electron chi connectivity index (χ3n) is 3.07. The van der Waals surface area contributed by atoms with Crippen molar-refractivity contribution in [3.05, 3.63) is 64.2 Å². The zero-order chi connectivity index (χ0) is 13.8. The van der Waals surface area contributed by atoms with Crippen molar-refractivity contribution in [3.8, 4) is 0 Å². The molecular formula is C15H15ClFNO. The molecule has 19 heavy (non-hydrogen) atoms. The Morgan fingerprint density at radius 3 is 2.74 bits per heavy atom. The van der Waals surface area contributed by atoms with Crippen molar-refractivity contribution in [1.29, 1.82) is 0 Å². The van der Waals surface area contributed by atoms with Crippen molar-refractivity contribution in [2.45, 2.75) is 25.9 Å². The average Bonchev–Trinajstić information content (AvgIpc) is 2.43. The van der Waals surface area contributed by atoms with E-state index >= 15 is 0 Å². The molecule has 2 aromatic rings. The van der Waals surface area contributed by atoms with Gasteiger partial charge in [0.1, 0.15) is 11.9 Å². The highest BCUT2D eigenvalue weighted by molar-refractivity contribution is 6.31. The average molecular weight is 280 g/mol. The van der Waals surface area contributed by atoms with E-state index in [2.05, 4.69) is 4.98 Å². The predicted molar refractivity (Wildman–Crippen MR) is 73.7 cm³/mol. The van der Waals surface area contributed by atoms with E-state index in [1.807, 2.05) is 19.1 Å². The summed E-state index contributed by atoms with van der Waals surface area (Å²) in [6.07, 6.45) is 1.90. The summed E-state index contributed by atoms with van der Waals surface area (Å²) in [5.41, 5.74) is 2.20. The van der Waals surface area contributed by atoms with Crippen molar-refractivity contribution in [1.82, 2.24) is 4.98 Å². The van der Waals surface area contributed by atoms with Crippen molar-refractivity contribution >= 4 is 11.6 Å². The first kappa shape index (κ1) is 14.0. The summed E-state index contributed by atoms with van der Waals surface area (Å²) in [5.74, 6) is -0.469. The Hall–Kier alpha value is -1.45. The Morgan fingerprint density at radius 1 is 1.26 bits per heavy atom. The van der Waals surface area contributed by atoms with Crippen LogP contribution in [0, 0.1) is 5.82 Å². The molecule has 0 saturated heterocycles. The van der Waals surface area contributed by atoms with Gasteiger partial charge in [-0.1, -0.05) is 36.7 Å². The molecule has 0 aliphatic rings. The van der Waals surface area contributed by atoms with Gasteiger partial charge in [-0.25, -0.2) is 4.39 Å². The van der Waals surface area contributed by atoms with E-state index in [4.69, 9.17) is 11.6 Å². The van der Waals surface area contributed by atoms with Gasteiger partial charge in [0.15, 0.2) is 0 Å². The minimum absolute atomic E-state index is 0.0653. The number of hydrogen-bond acceptors (Lipinski definition) is 2. The van der Waals surface area contributed by atoms with Crippen molar-refractivity contribution in [3.63, 3.8) is 0 Å². The van der Waals surface area contributed by atoms with Crippen LogP contribution in [-0.2, 0) is 12.8 Å². The van der Waals surface area contributed by atoms with Crippen LogP contribution in [-0.4, -0.2) is 10.1 Å². The monoisotopic (exact) mass is 279 g/mol. The molecule has 0 radical (unpaired) electrons. The van der Waals surface area contributed by atoms with E-state index in [9.17, 15) is 9.50 Å². The standard InChI is InChI=1S/C15H15ClFNO/c1-2-10-6-4-8-18-15(10)13(19)9-11-5-3-7-12(17)14(11)16/h3-8,13,19H,2,9H2,1H3. The molecule has 0 spiro atoms. The van der Waals surface area contributed by atoms with E-state index in [0.717, 1.165) is 12.0 Å². The second kappa shape index (κ2) is 6.13. The highest BCUT2D eigenvalue weighted by Crippen LogP contribution is 2.26. The Balaban J connectivity index is 2.26. The lowest BCUT2D eigenvalue weighted by molar-refractivity contribution is 0.172. The van der Waals surface area contributed by atoms with Crippen LogP contribution in [0.5, 0.6) is 0 Å². The quantitative estimate of drug-likeness (QED) is 0.925. The fraction of sp³-hybridized carbons (Fsp3) is 0.267. The van der Waals surface area contributed by atoms with Crippen LogP contribution in [0.15, 0.2) is 36.5 Å². The molecular weight excluding hydrogens is 265 g/mol. The molecule has 1 aromatic carbocycles. The number of aliphatic hydroxyl groups is 1.